The maximum atomic E-state index is 12.5. The average molecular weight is 483 g/mol. The molecule has 33 heavy (non-hydrogen) atoms. The summed E-state index contributed by atoms with van der Waals surface area (Å²) in [4.78, 5) is 31.1. The Labute approximate surface area is 200 Å². The molecule has 2 heterocycles. The van der Waals surface area contributed by atoms with E-state index in [4.69, 9.17) is 16.3 Å². The monoisotopic (exact) mass is 482 g/mol. The number of amides is 1. The van der Waals surface area contributed by atoms with Gasteiger partial charge in [0.2, 0.25) is 4.96 Å². The Kier molecular flexibility index (Phi) is 7.05. The van der Waals surface area contributed by atoms with Gasteiger partial charge < -0.3 is 9.64 Å². The van der Waals surface area contributed by atoms with Crippen LogP contribution in [0.4, 0.5) is 0 Å². The number of hydrogen-bond donors (Lipinski definition) is 0. The number of nitrogens with zero attached hydrogens (tertiary/aromatic N) is 4. The lowest BCUT2D eigenvalue weighted by molar-refractivity contribution is -0.132. The number of ether oxygens (including phenoxy) is 1. The Balaban J connectivity index is 1.55. The SMILES string of the molecule is CCN(CC)C(=O)COc1ccc(-c2csc3nc(=O)c(Cc4ccc(Cl)cc4)nn23)cc1. The fourth-order valence-corrected chi connectivity index (χ4v) is 4.38. The highest BCUT2D eigenvalue weighted by Gasteiger charge is 2.14. The minimum Gasteiger partial charge on any atom is -0.484 e. The highest BCUT2D eigenvalue weighted by atomic mass is 35.5. The van der Waals surface area contributed by atoms with Crippen LogP contribution in [0, 0.1) is 0 Å². The number of halogens is 1. The molecule has 0 aliphatic rings. The fourth-order valence-electron chi connectivity index (χ4n) is 3.43. The van der Waals surface area contributed by atoms with Gasteiger partial charge >= 0.3 is 0 Å². The Morgan fingerprint density at radius 1 is 1.09 bits per heavy atom. The van der Waals surface area contributed by atoms with Crippen LogP contribution in [0.15, 0.2) is 58.7 Å². The average Bonchev–Trinajstić information content (AvgIpc) is 3.23. The van der Waals surface area contributed by atoms with E-state index in [1.807, 2.05) is 55.6 Å². The molecular formula is C24H23ClN4O3S. The van der Waals surface area contributed by atoms with Crippen molar-refractivity contribution in [1.29, 1.82) is 0 Å². The van der Waals surface area contributed by atoms with Gasteiger partial charge in [-0.25, -0.2) is 4.52 Å². The van der Waals surface area contributed by atoms with Gasteiger partial charge in [0.1, 0.15) is 11.4 Å². The molecule has 7 nitrogen and oxygen atoms in total. The first-order valence-electron chi connectivity index (χ1n) is 10.6. The number of likely N-dealkylation sites (N-methyl/N-ethyl adjacent to an activating group) is 1. The predicted octanol–water partition coefficient (Wildman–Crippen LogP) is 4.31. The molecule has 0 N–H and O–H groups in total. The van der Waals surface area contributed by atoms with Gasteiger partial charge in [-0.3, -0.25) is 9.59 Å². The van der Waals surface area contributed by atoms with Crippen LogP contribution in [0.5, 0.6) is 5.75 Å². The number of hydrogen-bond acceptors (Lipinski definition) is 6. The molecule has 0 bridgehead atoms. The first-order valence-corrected chi connectivity index (χ1v) is 11.9. The molecule has 4 rings (SSSR count). The molecule has 170 valence electrons. The standard InChI is InChI=1S/C24H23ClN4O3S/c1-3-28(4-2)22(30)14-32-19-11-7-17(8-12-19)21-15-33-24-26-23(31)20(27-29(21)24)13-16-5-9-18(25)10-6-16/h5-12,15H,3-4,13-14H2,1-2H3. The largest absolute Gasteiger partial charge is 0.484 e. The summed E-state index contributed by atoms with van der Waals surface area (Å²) in [6, 6.07) is 14.8. The number of carbonyl (C=O) groups excluding carboxylic acids is 1. The first kappa shape index (κ1) is 22.9. The molecular weight excluding hydrogens is 460 g/mol. The van der Waals surface area contributed by atoms with Crippen molar-refractivity contribution in [1.82, 2.24) is 19.5 Å². The van der Waals surface area contributed by atoms with Crippen LogP contribution in [0.1, 0.15) is 25.1 Å². The van der Waals surface area contributed by atoms with Gasteiger partial charge in [-0.1, -0.05) is 23.7 Å². The van der Waals surface area contributed by atoms with Crippen molar-refractivity contribution in [2.45, 2.75) is 20.3 Å². The maximum absolute atomic E-state index is 12.5. The third-order valence-electron chi connectivity index (χ3n) is 5.26. The van der Waals surface area contributed by atoms with E-state index in [9.17, 15) is 9.59 Å². The summed E-state index contributed by atoms with van der Waals surface area (Å²) >= 11 is 7.31. The molecule has 4 aromatic rings. The molecule has 9 heteroatoms. The van der Waals surface area contributed by atoms with Crippen molar-refractivity contribution in [3.63, 3.8) is 0 Å². The van der Waals surface area contributed by atoms with Crippen LogP contribution < -0.4 is 10.3 Å². The molecule has 0 spiro atoms. The Morgan fingerprint density at radius 2 is 1.79 bits per heavy atom. The van der Waals surface area contributed by atoms with E-state index in [0.29, 0.717) is 40.9 Å². The molecule has 0 saturated carbocycles. The summed E-state index contributed by atoms with van der Waals surface area (Å²) < 4.78 is 7.34. The third kappa shape index (κ3) is 5.23. The third-order valence-corrected chi connectivity index (χ3v) is 6.33. The van der Waals surface area contributed by atoms with Gasteiger partial charge in [-0.2, -0.15) is 10.1 Å². The van der Waals surface area contributed by atoms with Gasteiger partial charge in [0, 0.05) is 35.5 Å². The number of rotatable bonds is 8. The number of aromatic nitrogens is 3. The van der Waals surface area contributed by atoms with Crippen LogP contribution in [-0.4, -0.2) is 45.1 Å². The van der Waals surface area contributed by atoms with Crippen LogP contribution in [0.25, 0.3) is 16.2 Å². The van der Waals surface area contributed by atoms with Crippen molar-refractivity contribution in [2.75, 3.05) is 19.7 Å². The van der Waals surface area contributed by atoms with E-state index in [1.165, 1.54) is 11.3 Å². The second kappa shape index (κ2) is 10.1. The summed E-state index contributed by atoms with van der Waals surface area (Å²) in [7, 11) is 0. The zero-order valence-corrected chi connectivity index (χ0v) is 19.9. The molecule has 1 amide bonds. The number of carbonyl (C=O) groups is 1. The lowest BCUT2D eigenvalue weighted by Gasteiger charge is -2.18. The van der Waals surface area contributed by atoms with Crippen LogP contribution in [0.3, 0.4) is 0 Å². The first-order chi connectivity index (χ1) is 16.0. The summed E-state index contributed by atoms with van der Waals surface area (Å²) in [6.45, 7) is 5.21. The normalized spacial score (nSPS) is 11.0. The van der Waals surface area contributed by atoms with Crippen LogP contribution in [-0.2, 0) is 11.2 Å². The number of fused-ring (bicyclic) bond motifs is 1. The summed E-state index contributed by atoms with van der Waals surface area (Å²) in [6.07, 6.45) is 0.370. The molecule has 0 aliphatic heterocycles. The summed E-state index contributed by atoms with van der Waals surface area (Å²) in [5, 5.41) is 7.14. The molecule has 2 aromatic heterocycles. The molecule has 2 aromatic carbocycles. The van der Waals surface area contributed by atoms with Crippen LogP contribution >= 0.6 is 22.9 Å². The predicted molar refractivity (Wildman–Crippen MR) is 130 cm³/mol. The fraction of sp³-hybridized carbons (Fsp3) is 0.250. The zero-order valence-electron chi connectivity index (χ0n) is 18.3. The lowest BCUT2D eigenvalue weighted by Crippen LogP contribution is -2.34. The minimum absolute atomic E-state index is 0.00295. The van der Waals surface area contributed by atoms with Crippen molar-refractivity contribution < 1.29 is 9.53 Å². The highest BCUT2D eigenvalue weighted by Crippen LogP contribution is 2.26. The second-order valence-corrected chi connectivity index (χ2v) is 8.63. The van der Waals surface area contributed by atoms with Crippen molar-refractivity contribution >= 4 is 33.8 Å². The minimum atomic E-state index is -0.333. The Morgan fingerprint density at radius 3 is 2.45 bits per heavy atom. The number of thiazole rings is 1. The summed E-state index contributed by atoms with van der Waals surface area (Å²) in [5.41, 5.74) is 2.69. The molecule has 0 aliphatic carbocycles. The smallest absolute Gasteiger partial charge is 0.296 e. The zero-order chi connectivity index (χ0) is 23.4. The van der Waals surface area contributed by atoms with E-state index in [2.05, 4.69) is 10.1 Å². The summed E-state index contributed by atoms with van der Waals surface area (Å²) in [5.74, 6) is 0.570. The molecule has 0 atom stereocenters. The molecule has 0 fully saturated rings. The van der Waals surface area contributed by atoms with E-state index >= 15 is 0 Å². The van der Waals surface area contributed by atoms with Gasteiger partial charge in [0.05, 0.1) is 5.69 Å². The van der Waals surface area contributed by atoms with Crippen molar-refractivity contribution in [2.24, 2.45) is 0 Å². The van der Waals surface area contributed by atoms with E-state index in [0.717, 1.165) is 16.8 Å². The number of benzene rings is 2. The van der Waals surface area contributed by atoms with Crippen molar-refractivity contribution in [3.05, 3.63) is 80.5 Å². The van der Waals surface area contributed by atoms with E-state index in [1.54, 1.807) is 21.5 Å². The van der Waals surface area contributed by atoms with Crippen LogP contribution in [0.2, 0.25) is 5.02 Å². The topological polar surface area (TPSA) is 76.8 Å². The van der Waals surface area contributed by atoms with Gasteiger partial charge in [0.15, 0.2) is 6.61 Å². The van der Waals surface area contributed by atoms with E-state index < -0.39 is 0 Å². The molecule has 0 radical (unpaired) electrons. The maximum Gasteiger partial charge on any atom is 0.296 e. The quantitative estimate of drug-likeness (QED) is 0.374. The molecule has 0 saturated heterocycles. The second-order valence-electron chi connectivity index (χ2n) is 7.36. The van der Waals surface area contributed by atoms with Crippen molar-refractivity contribution in [3.8, 4) is 17.0 Å². The molecule has 0 unspecified atom stereocenters. The Bertz CT molecular complexity index is 1310. The Hall–Kier alpha value is -3.23. The van der Waals surface area contributed by atoms with Gasteiger partial charge in [-0.05, 0) is 55.8 Å². The van der Waals surface area contributed by atoms with Gasteiger partial charge in [0.25, 0.3) is 11.5 Å². The van der Waals surface area contributed by atoms with Gasteiger partial charge in [-0.15, -0.1) is 11.3 Å². The lowest BCUT2D eigenvalue weighted by atomic mass is 10.1. The highest BCUT2D eigenvalue weighted by molar-refractivity contribution is 7.15. The van der Waals surface area contributed by atoms with E-state index in [-0.39, 0.29) is 18.1 Å².